The van der Waals surface area contributed by atoms with E-state index in [-0.39, 0.29) is 12.2 Å². The maximum atomic E-state index is 12.2. The first kappa shape index (κ1) is 15.2. The van der Waals surface area contributed by atoms with Crippen LogP contribution in [-0.2, 0) is 18.9 Å². The van der Waals surface area contributed by atoms with Crippen molar-refractivity contribution < 1.29 is 23.7 Å². The maximum Gasteiger partial charge on any atom is 0.340 e. The number of rotatable bonds is 4. The fourth-order valence-corrected chi connectivity index (χ4v) is 2.84. The van der Waals surface area contributed by atoms with Crippen LogP contribution < -0.4 is 0 Å². The summed E-state index contributed by atoms with van der Waals surface area (Å²) < 4.78 is 23.0. The molecule has 3 rings (SSSR count). The smallest absolute Gasteiger partial charge is 0.340 e. The molecule has 0 aromatic heterocycles. The Hall–Kier alpha value is -1.69. The normalized spacial score (nSPS) is 32.5. The zero-order valence-electron chi connectivity index (χ0n) is 12.7. The molecule has 4 atom stereocenters. The predicted molar refractivity (Wildman–Crippen MR) is 79.2 cm³/mol. The summed E-state index contributed by atoms with van der Waals surface area (Å²) in [5, 5.41) is 0. The van der Waals surface area contributed by atoms with E-state index in [0.29, 0.717) is 12.0 Å². The number of hydrogen-bond acceptors (Lipinski definition) is 5. The van der Waals surface area contributed by atoms with Gasteiger partial charge in [0, 0.05) is 0 Å². The zero-order chi connectivity index (χ0) is 15.7. The summed E-state index contributed by atoms with van der Waals surface area (Å²) in [5.41, 5.74) is 0.480. The highest BCUT2D eigenvalue weighted by Crippen LogP contribution is 2.40. The molecule has 2 saturated heterocycles. The predicted octanol–water partition coefficient (Wildman–Crippen LogP) is 2.66. The number of fused-ring (bicyclic) bond motifs is 1. The zero-order valence-corrected chi connectivity index (χ0v) is 12.7. The molecule has 0 aliphatic carbocycles. The summed E-state index contributed by atoms with van der Waals surface area (Å²) in [4.78, 5) is 12.2. The third-order valence-electron chi connectivity index (χ3n) is 3.74. The Morgan fingerprint density at radius 1 is 1.27 bits per heavy atom. The van der Waals surface area contributed by atoms with Crippen LogP contribution >= 0.6 is 0 Å². The van der Waals surface area contributed by atoms with Gasteiger partial charge in [-0.1, -0.05) is 24.3 Å². The molecule has 0 bridgehead atoms. The van der Waals surface area contributed by atoms with Crippen LogP contribution in [0.2, 0.25) is 0 Å². The van der Waals surface area contributed by atoms with Crippen molar-refractivity contribution in [3.63, 3.8) is 0 Å². The van der Waals surface area contributed by atoms with Gasteiger partial charge in [0.1, 0.15) is 6.10 Å². The van der Waals surface area contributed by atoms with E-state index in [1.54, 1.807) is 30.3 Å². The second kappa shape index (κ2) is 5.83. The van der Waals surface area contributed by atoms with Gasteiger partial charge in [-0.3, -0.25) is 0 Å². The van der Waals surface area contributed by atoms with Crippen LogP contribution in [0.5, 0.6) is 0 Å². The van der Waals surface area contributed by atoms with Gasteiger partial charge >= 0.3 is 5.97 Å². The second-order valence-corrected chi connectivity index (χ2v) is 5.90. The Kier molecular flexibility index (Phi) is 4.04. The summed E-state index contributed by atoms with van der Waals surface area (Å²) >= 11 is 0. The number of esters is 1. The minimum atomic E-state index is -0.774. The molecule has 2 fully saturated rings. The molecule has 0 spiro atoms. The summed E-state index contributed by atoms with van der Waals surface area (Å²) in [5.74, 6) is -1.15. The van der Waals surface area contributed by atoms with Crippen LogP contribution in [0, 0.1) is 0 Å². The molecule has 22 heavy (non-hydrogen) atoms. The van der Waals surface area contributed by atoms with Gasteiger partial charge in [0.05, 0.1) is 11.7 Å². The molecule has 1 aromatic carbocycles. The highest BCUT2D eigenvalue weighted by Gasteiger charge is 2.56. The Bertz CT molecular complexity index is 553. The van der Waals surface area contributed by atoms with Crippen LogP contribution in [0.4, 0.5) is 0 Å². The van der Waals surface area contributed by atoms with Crippen molar-refractivity contribution in [1.82, 2.24) is 0 Å². The third kappa shape index (κ3) is 2.92. The minimum Gasteiger partial charge on any atom is -0.429 e. The monoisotopic (exact) mass is 304 g/mol. The van der Waals surface area contributed by atoms with E-state index >= 15 is 0 Å². The molecule has 0 radical (unpaired) electrons. The minimum absolute atomic E-state index is 0.224. The molecule has 1 aromatic rings. The standard InChI is InChI=1S/C17H20O5/c1-4-8-12-13-14(22-17(2,3)21-13)16(19-12)20-15(18)11-9-6-5-7-10-11/h4-7,9-10,12-14,16H,1,8H2,2-3H3/t12-,13-,14-,16+/m1/s1. The van der Waals surface area contributed by atoms with E-state index < -0.39 is 24.2 Å². The molecule has 5 heteroatoms. The molecule has 0 N–H and O–H groups in total. The first-order chi connectivity index (χ1) is 10.5. The Labute approximate surface area is 129 Å². The van der Waals surface area contributed by atoms with Crippen molar-refractivity contribution in [1.29, 1.82) is 0 Å². The third-order valence-corrected chi connectivity index (χ3v) is 3.74. The van der Waals surface area contributed by atoms with Crippen LogP contribution in [0.15, 0.2) is 43.0 Å². The van der Waals surface area contributed by atoms with Crippen molar-refractivity contribution in [2.75, 3.05) is 0 Å². The maximum absolute atomic E-state index is 12.2. The molecule has 0 amide bonds. The summed E-state index contributed by atoms with van der Waals surface area (Å²) in [6, 6.07) is 8.81. The van der Waals surface area contributed by atoms with E-state index in [2.05, 4.69) is 6.58 Å². The summed E-state index contributed by atoms with van der Waals surface area (Å²) in [6.45, 7) is 7.40. The molecule has 5 nitrogen and oxygen atoms in total. The van der Waals surface area contributed by atoms with E-state index in [1.165, 1.54) is 0 Å². The van der Waals surface area contributed by atoms with Crippen molar-refractivity contribution in [2.45, 2.75) is 50.7 Å². The van der Waals surface area contributed by atoms with Gasteiger partial charge in [0.25, 0.3) is 0 Å². The molecule has 0 saturated carbocycles. The molecular weight excluding hydrogens is 284 g/mol. The molecule has 2 heterocycles. The first-order valence-corrected chi connectivity index (χ1v) is 7.38. The van der Waals surface area contributed by atoms with E-state index in [4.69, 9.17) is 18.9 Å². The van der Waals surface area contributed by atoms with E-state index in [9.17, 15) is 4.79 Å². The van der Waals surface area contributed by atoms with Gasteiger partial charge in [-0.25, -0.2) is 4.79 Å². The summed E-state index contributed by atoms with van der Waals surface area (Å²) in [6.07, 6.45) is 0.689. The SMILES string of the molecule is C=CC[C@H]1O[C@@H](OC(=O)c2ccccc2)[C@@H]2OC(C)(C)O[C@@H]21. The van der Waals surface area contributed by atoms with Crippen molar-refractivity contribution in [3.8, 4) is 0 Å². The second-order valence-electron chi connectivity index (χ2n) is 5.90. The Morgan fingerprint density at radius 3 is 2.64 bits per heavy atom. The van der Waals surface area contributed by atoms with Gasteiger partial charge in [0.2, 0.25) is 6.29 Å². The van der Waals surface area contributed by atoms with Crippen molar-refractivity contribution >= 4 is 5.97 Å². The Morgan fingerprint density at radius 2 is 1.95 bits per heavy atom. The lowest BCUT2D eigenvalue weighted by Gasteiger charge is -2.23. The van der Waals surface area contributed by atoms with Crippen LogP contribution in [0.1, 0.15) is 30.6 Å². The molecular formula is C17H20O5. The van der Waals surface area contributed by atoms with Gasteiger partial charge in [-0.15, -0.1) is 6.58 Å². The number of ether oxygens (including phenoxy) is 4. The molecule has 0 unspecified atom stereocenters. The largest absolute Gasteiger partial charge is 0.429 e. The quantitative estimate of drug-likeness (QED) is 0.632. The van der Waals surface area contributed by atoms with Gasteiger partial charge in [0.15, 0.2) is 11.9 Å². The topological polar surface area (TPSA) is 54.0 Å². The highest BCUT2D eigenvalue weighted by atomic mass is 16.8. The lowest BCUT2D eigenvalue weighted by molar-refractivity contribution is -0.219. The Balaban J connectivity index is 1.73. The lowest BCUT2D eigenvalue weighted by Crippen LogP contribution is -2.33. The number of carbonyl (C=O) groups is 1. The summed E-state index contributed by atoms with van der Waals surface area (Å²) in [7, 11) is 0. The molecule has 2 aliphatic rings. The lowest BCUT2D eigenvalue weighted by atomic mass is 10.1. The highest BCUT2D eigenvalue weighted by molar-refractivity contribution is 5.89. The molecule has 2 aliphatic heterocycles. The number of carbonyl (C=O) groups excluding carboxylic acids is 1. The van der Waals surface area contributed by atoms with E-state index in [1.807, 2.05) is 19.9 Å². The average Bonchev–Trinajstić information content (AvgIpc) is 2.96. The fraction of sp³-hybridized carbons (Fsp3) is 0.471. The van der Waals surface area contributed by atoms with Crippen molar-refractivity contribution in [3.05, 3.63) is 48.6 Å². The number of hydrogen-bond donors (Lipinski definition) is 0. The van der Waals surface area contributed by atoms with Gasteiger partial charge < -0.3 is 18.9 Å². The van der Waals surface area contributed by atoms with Crippen molar-refractivity contribution in [2.24, 2.45) is 0 Å². The van der Waals surface area contributed by atoms with E-state index in [0.717, 1.165) is 0 Å². The van der Waals surface area contributed by atoms with Crippen LogP contribution in [0.25, 0.3) is 0 Å². The first-order valence-electron chi connectivity index (χ1n) is 7.38. The number of benzene rings is 1. The molecule has 118 valence electrons. The average molecular weight is 304 g/mol. The van der Waals surface area contributed by atoms with Gasteiger partial charge in [-0.2, -0.15) is 0 Å². The van der Waals surface area contributed by atoms with Gasteiger partial charge in [-0.05, 0) is 32.4 Å². The van der Waals surface area contributed by atoms with Crippen LogP contribution in [-0.4, -0.2) is 36.4 Å². The fourth-order valence-electron chi connectivity index (χ4n) is 2.84. The van der Waals surface area contributed by atoms with Crippen LogP contribution in [0.3, 0.4) is 0 Å².